The van der Waals surface area contributed by atoms with Crippen LogP contribution in [0.2, 0.25) is 0 Å². The summed E-state index contributed by atoms with van der Waals surface area (Å²) < 4.78 is 0. The van der Waals surface area contributed by atoms with Gasteiger partial charge in [0.15, 0.2) is 0 Å². The number of nitrogens with one attached hydrogen (secondary N) is 1. The van der Waals surface area contributed by atoms with Gasteiger partial charge in [-0.2, -0.15) is 0 Å². The molecule has 1 aliphatic heterocycles. The predicted molar refractivity (Wildman–Crippen MR) is 72.0 cm³/mol. The second kappa shape index (κ2) is 5.67. The normalized spacial score (nSPS) is 12.8. The maximum atomic E-state index is 12.3. The summed E-state index contributed by atoms with van der Waals surface area (Å²) in [5.41, 5.74) is 2.11. The van der Waals surface area contributed by atoms with Crippen LogP contribution in [0, 0.1) is 0 Å². The molecule has 1 heterocycles. The summed E-state index contributed by atoms with van der Waals surface area (Å²) in [7, 11) is 0. The van der Waals surface area contributed by atoms with E-state index >= 15 is 0 Å². The van der Waals surface area contributed by atoms with E-state index in [9.17, 15) is 9.59 Å². The fourth-order valence-corrected chi connectivity index (χ4v) is 2.10. The Morgan fingerprint density at radius 3 is 3.00 bits per heavy atom. The van der Waals surface area contributed by atoms with Gasteiger partial charge in [0, 0.05) is 24.3 Å². The van der Waals surface area contributed by atoms with E-state index in [2.05, 4.69) is 11.9 Å². The quantitative estimate of drug-likeness (QED) is 0.769. The molecule has 0 saturated carbocycles. The van der Waals surface area contributed by atoms with Gasteiger partial charge in [-0.1, -0.05) is 6.08 Å². The first-order valence-corrected chi connectivity index (χ1v) is 6.09. The van der Waals surface area contributed by atoms with Crippen LogP contribution >= 0.6 is 0 Å². The standard InChI is InChI=1S/C14H16N2O3/c1-2-5-16(6-7-17)14(19)10-3-4-12-11(8-10)9-13(18)15-12/h2-4,8,17H,1,5-7,9H2,(H,15,18). The van der Waals surface area contributed by atoms with Gasteiger partial charge in [0.1, 0.15) is 0 Å². The van der Waals surface area contributed by atoms with Gasteiger partial charge in [0.25, 0.3) is 5.91 Å². The first-order valence-electron chi connectivity index (χ1n) is 6.09. The van der Waals surface area contributed by atoms with Crippen LogP contribution < -0.4 is 5.32 Å². The van der Waals surface area contributed by atoms with E-state index in [-0.39, 0.29) is 25.0 Å². The molecular formula is C14H16N2O3. The van der Waals surface area contributed by atoms with E-state index in [1.54, 1.807) is 24.3 Å². The molecule has 0 aliphatic carbocycles. The summed E-state index contributed by atoms with van der Waals surface area (Å²) in [6.07, 6.45) is 1.92. The third kappa shape index (κ3) is 2.82. The average Bonchev–Trinajstić information content (AvgIpc) is 2.76. The van der Waals surface area contributed by atoms with E-state index in [0.29, 0.717) is 18.5 Å². The Bertz CT molecular complexity index is 525. The number of fused-ring (bicyclic) bond motifs is 1. The van der Waals surface area contributed by atoms with Gasteiger partial charge in [-0.3, -0.25) is 9.59 Å². The number of aliphatic hydroxyl groups is 1. The van der Waals surface area contributed by atoms with Crippen LogP contribution in [0.1, 0.15) is 15.9 Å². The van der Waals surface area contributed by atoms with E-state index in [4.69, 9.17) is 5.11 Å². The molecule has 0 bridgehead atoms. The highest BCUT2D eigenvalue weighted by Crippen LogP contribution is 2.24. The number of rotatable bonds is 5. The van der Waals surface area contributed by atoms with Gasteiger partial charge >= 0.3 is 0 Å². The molecule has 1 aromatic rings. The lowest BCUT2D eigenvalue weighted by atomic mass is 10.1. The Kier molecular flexibility index (Phi) is 3.97. The predicted octanol–water partition coefficient (Wildman–Crippen LogP) is 0.802. The lowest BCUT2D eigenvalue weighted by Gasteiger charge is -2.20. The van der Waals surface area contributed by atoms with Crippen molar-refractivity contribution in [3.63, 3.8) is 0 Å². The highest BCUT2D eigenvalue weighted by atomic mass is 16.3. The first-order chi connectivity index (χ1) is 9.15. The van der Waals surface area contributed by atoms with Crippen molar-refractivity contribution in [3.05, 3.63) is 42.0 Å². The maximum Gasteiger partial charge on any atom is 0.254 e. The second-order valence-electron chi connectivity index (χ2n) is 4.36. The largest absolute Gasteiger partial charge is 0.395 e. The highest BCUT2D eigenvalue weighted by molar-refractivity contribution is 6.01. The van der Waals surface area contributed by atoms with Gasteiger partial charge < -0.3 is 15.3 Å². The Morgan fingerprint density at radius 2 is 2.32 bits per heavy atom. The van der Waals surface area contributed by atoms with Crippen LogP contribution in [-0.2, 0) is 11.2 Å². The molecule has 5 heteroatoms. The highest BCUT2D eigenvalue weighted by Gasteiger charge is 2.21. The average molecular weight is 260 g/mol. The van der Waals surface area contributed by atoms with Crippen LogP contribution in [0.3, 0.4) is 0 Å². The topological polar surface area (TPSA) is 69.6 Å². The van der Waals surface area contributed by atoms with Gasteiger partial charge in [-0.05, 0) is 23.8 Å². The van der Waals surface area contributed by atoms with Gasteiger partial charge in [-0.15, -0.1) is 6.58 Å². The number of hydrogen-bond acceptors (Lipinski definition) is 3. The Morgan fingerprint density at radius 1 is 1.53 bits per heavy atom. The number of nitrogens with zero attached hydrogens (tertiary/aromatic N) is 1. The number of anilines is 1. The van der Waals surface area contributed by atoms with Crippen LogP contribution in [-0.4, -0.2) is 41.5 Å². The number of carbonyl (C=O) groups is 2. The van der Waals surface area contributed by atoms with Crippen molar-refractivity contribution in [2.24, 2.45) is 0 Å². The van der Waals surface area contributed by atoms with Crippen molar-refractivity contribution in [2.75, 3.05) is 25.0 Å². The monoisotopic (exact) mass is 260 g/mol. The zero-order valence-electron chi connectivity index (χ0n) is 10.6. The summed E-state index contributed by atoms with van der Waals surface area (Å²) in [5, 5.41) is 11.7. The third-order valence-electron chi connectivity index (χ3n) is 2.98. The summed E-state index contributed by atoms with van der Waals surface area (Å²) in [6, 6.07) is 5.14. The number of carbonyl (C=O) groups excluding carboxylic acids is 2. The molecule has 100 valence electrons. The second-order valence-corrected chi connectivity index (χ2v) is 4.36. The smallest absolute Gasteiger partial charge is 0.254 e. The molecule has 5 nitrogen and oxygen atoms in total. The number of hydrogen-bond donors (Lipinski definition) is 2. The summed E-state index contributed by atoms with van der Waals surface area (Å²) in [5.74, 6) is -0.228. The van der Waals surface area contributed by atoms with E-state index in [0.717, 1.165) is 11.3 Å². The fourth-order valence-electron chi connectivity index (χ4n) is 2.10. The molecule has 2 N–H and O–H groups in total. The fraction of sp³-hybridized carbons (Fsp3) is 0.286. The zero-order valence-corrected chi connectivity index (χ0v) is 10.6. The van der Waals surface area contributed by atoms with E-state index in [1.165, 1.54) is 4.90 Å². The van der Waals surface area contributed by atoms with Crippen LogP contribution in [0.4, 0.5) is 5.69 Å². The van der Waals surface area contributed by atoms with Crippen molar-refractivity contribution in [2.45, 2.75) is 6.42 Å². The van der Waals surface area contributed by atoms with Gasteiger partial charge in [0.2, 0.25) is 5.91 Å². The van der Waals surface area contributed by atoms with Crippen LogP contribution in [0.5, 0.6) is 0 Å². The zero-order chi connectivity index (χ0) is 13.8. The minimum Gasteiger partial charge on any atom is -0.395 e. The summed E-state index contributed by atoms with van der Waals surface area (Å²) >= 11 is 0. The molecule has 19 heavy (non-hydrogen) atoms. The van der Waals surface area contributed by atoms with Crippen molar-refractivity contribution in [1.82, 2.24) is 4.90 Å². The SMILES string of the molecule is C=CCN(CCO)C(=O)c1ccc2c(c1)CC(=O)N2. The summed E-state index contributed by atoms with van der Waals surface area (Å²) in [6.45, 7) is 4.15. The Balaban J connectivity index is 2.21. The van der Waals surface area contributed by atoms with Crippen LogP contribution in [0.15, 0.2) is 30.9 Å². The summed E-state index contributed by atoms with van der Waals surface area (Å²) in [4.78, 5) is 25.0. The van der Waals surface area contributed by atoms with Crippen LogP contribution in [0.25, 0.3) is 0 Å². The lowest BCUT2D eigenvalue weighted by molar-refractivity contribution is -0.115. The van der Waals surface area contributed by atoms with Gasteiger partial charge in [-0.25, -0.2) is 0 Å². The van der Waals surface area contributed by atoms with Crippen molar-refractivity contribution < 1.29 is 14.7 Å². The molecule has 0 atom stereocenters. The number of amides is 2. The van der Waals surface area contributed by atoms with E-state index in [1.807, 2.05) is 0 Å². The lowest BCUT2D eigenvalue weighted by Crippen LogP contribution is -2.33. The van der Waals surface area contributed by atoms with Crippen molar-refractivity contribution >= 4 is 17.5 Å². The van der Waals surface area contributed by atoms with Crippen molar-refractivity contribution in [3.8, 4) is 0 Å². The first kappa shape index (κ1) is 13.3. The molecule has 2 rings (SSSR count). The Hall–Kier alpha value is -2.14. The molecule has 0 radical (unpaired) electrons. The molecular weight excluding hydrogens is 244 g/mol. The van der Waals surface area contributed by atoms with Crippen molar-refractivity contribution in [1.29, 1.82) is 0 Å². The molecule has 0 fully saturated rings. The Labute approximate surface area is 111 Å². The molecule has 1 aliphatic rings. The van der Waals surface area contributed by atoms with E-state index < -0.39 is 0 Å². The molecule has 1 aromatic carbocycles. The third-order valence-corrected chi connectivity index (χ3v) is 2.98. The number of aliphatic hydroxyl groups excluding tert-OH is 1. The molecule has 0 spiro atoms. The molecule has 0 unspecified atom stereocenters. The van der Waals surface area contributed by atoms with Gasteiger partial charge in [0.05, 0.1) is 13.0 Å². The minimum absolute atomic E-state index is 0.0575. The minimum atomic E-state index is -0.170. The molecule has 0 saturated heterocycles. The number of benzene rings is 1. The molecule has 2 amide bonds. The maximum absolute atomic E-state index is 12.3. The molecule has 0 aromatic heterocycles.